The summed E-state index contributed by atoms with van der Waals surface area (Å²) in [5, 5.41) is 13.3. The van der Waals surface area contributed by atoms with Gasteiger partial charge in [0, 0.05) is 12.7 Å². The number of benzene rings is 1. The summed E-state index contributed by atoms with van der Waals surface area (Å²) in [5.74, 6) is -1.61. The number of aliphatic carboxylic acids is 1. The van der Waals surface area contributed by atoms with Crippen LogP contribution in [0.4, 0.5) is 4.39 Å². The molecule has 0 radical (unpaired) electrons. The molecule has 1 N–H and O–H groups in total. The molecule has 2 heterocycles. The van der Waals surface area contributed by atoms with Crippen LogP contribution in [-0.2, 0) is 20.7 Å². The molecular weight excluding hydrogens is 317 g/mol. The smallest absolute Gasteiger partial charge is 0.334 e. The summed E-state index contributed by atoms with van der Waals surface area (Å²) in [4.78, 5) is 24.7. The van der Waals surface area contributed by atoms with Gasteiger partial charge in [-0.3, -0.25) is 4.79 Å². The number of rotatable bonds is 4. The van der Waals surface area contributed by atoms with Gasteiger partial charge < -0.3 is 14.7 Å². The van der Waals surface area contributed by atoms with Crippen molar-refractivity contribution in [2.45, 2.75) is 12.5 Å². The fourth-order valence-corrected chi connectivity index (χ4v) is 2.49. The van der Waals surface area contributed by atoms with Gasteiger partial charge >= 0.3 is 5.97 Å². The van der Waals surface area contributed by atoms with Crippen LogP contribution in [0.25, 0.3) is 5.69 Å². The Bertz CT molecular complexity index is 744. The van der Waals surface area contributed by atoms with Crippen molar-refractivity contribution < 1.29 is 23.8 Å². The van der Waals surface area contributed by atoms with E-state index >= 15 is 0 Å². The van der Waals surface area contributed by atoms with E-state index in [1.807, 2.05) is 0 Å². The first-order valence-electron chi connectivity index (χ1n) is 7.45. The number of hydrogen-bond acceptors (Lipinski definition) is 4. The standard InChI is InChI=1S/C16H16FN3O4/c17-11-1-3-13(4-2-11)20-6-5-12(18-20)9-15(21)19-7-8-24-14(10-19)16(22)23/h1-6,14H,7-10H2,(H,22,23)/t14-/m1/s1. The zero-order valence-electron chi connectivity index (χ0n) is 12.8. The number of carbonyl (C=O) groups excluding carboxylic acids is 1. The quantitative estimate of drug-likeness (QED) is 0.897. The molecule has 2 aromatic rings. The monoisotopic (exact) mass is 333 g/mol. The molecule has 0 spiro atoms. The number of morpholine rings is 1. The van der Waals surface area contributed by atoms with Crippen molar-refractivity contribution in [3.05, 3.63) is 48.0 Å². The highest BCUT2D eigenvalue weighted by Gasteiger charge is 2.29. The summed E-state index contributed by atoms with van der Waals surface area (Å²) >= 11 is 0. The van der Waals surface area contributed by atoms with Gasteiger partial charge in [0.1, 0.15) is 5.82 Å². The van der Waals surface area contributed by atoms with E-state index in [4.69, 9.17) is 9.84 Å². The van der Waals surface area contributed by atoms with E-state index in [1.165, 1.54) is 17.0 Å². The van der Waals surface area contributed by atoms with Crippen LogP contribution in [0.2, 0.25) is 0 Å². The van der Waals surface area contributed by atoms with Gasteiger partial charge in [0.05, 0.1) is 31.0 Å². The maximum absolute atomic E-state index is 12.9. The molecule has 1 fully saturated rings. The van der Waals surface area contributed by atoms with Crippen LogP contribution in [0.1, 0.15) is 5.69 Å². The number of aromatic nitrogens is 2. The van der Waals surface area contributed by atoms with E-state index in [0.717, 1.165) is 0 Å². The van der Waals surface area contributed by atoms with Crippen LogP contribution >= 0.6 is 0 Å². The van der Waals surface area contributed by atoms with Crippen molar-refractivity contribution in [1.29, 1.82) is 0 Å². The molecule has 1 aromatic heterocycles. The third-order valence-corrected chi connectivity index (χ3v) is 3.76. The minimum atomic E-state index is -1.08. The molecule has 24 heavy (non-hydrogen) atoms. The van der Waals surface area contributed by atoms with Crippen LogP contribution in [0.5, 0.6) is 0 Å². The first kappa shape index (κ1) is 16.1. The third-order valence-electron chi connectivity index (χ3n) is 3.76. The summed E-state index contributed by atoms with van der Waals surface area (Å²) in [7, 11) is 0. The average molecular weight is 333 g/mol. The van der Waals surface area contributed by atoms with Gasteiger partial charge in [0.2, 0.25) is 5.91 Å². The maximum atomic E-state index is 12.9. The molecule has 0 unspecified atom stereocenters. The van der Waals surface area contributed by atoms with Crippen LogP contribution in [-0.4, -0.2) is 57.5 Å². The zero-order valence-corrected chi connectivity index (χ0v) is 12.8. The predicted molar refractivity (Wildman–Crippen MR) is 81.2 cm³/mol. The summed E-state index contributed by atoms with van der Waals surface area (Å²) in [5.41, 5.74) is 1.25. The Morgan fingerprint density at radius 2 is 2.04 bits per heavy atom. The number of nitrogens with zero attached hydrogens (tertiary/aromatic N) is 3. The molecule has 0 aliphatic carbocycles. The van der Waals surface area contributed by atoms with Gasteiger partial charge in [-0.2, -0.15) is 5.10 Å². The lowest BCUT2D eigenvalue weighted by Gasteiger charge is -2.30. The Kier molecular flexibility index (Phi) is 4.57. The summed E-state index contributed by atoms with van der Waals surface area (Å²) in [6.45, 7) is 0.598. The van der Waals surface area contributed by atoms with Crippen LogP contribution in [0.3, 0.4) is 0 Å². The fraction of sp³-hybridized carbons (Fsp3) is 0.312. The topological polar surface area (TPSA) is 84.7 Å². The van der Waals surface area contributed by atoms with Gasteiger partial charge in [-0.15, -0.1) is 0 Å². The molecule has 126 valence electrons. The number of carbonyl (C=O) groups is 2. The highest BCUT2D eigenvalue weighted by molar-refractivity contribution is 5.80. The van der Waals surface area contributed by atoms with E-state index in [1.54, 1.807) is 29.1 Å². The SMILES string of the molecule is O=C(O)[C@H]1CN(C(=O)Cc2ccn(-c3ccc(F)cc3)n2)CCO1. The molecule has 0 saturated carbocycles. The first-order chi connectivity index (χ1) is 11.5. The Labute approximate surface area is 137 Å². The van der Waals surface area contributed by atoms with Gasteiger partial charge in [0.15, 0.2) is 6.10 Å². The second kappa shape index (κ2) is 6.79. The Morgan fingerprint density at radius 3 is 2.75 bits per heavy atom. The summed E-state index contributed by atoms with van der Waals surface area (Å²) in [6, 6.07) is 7.56. The molecular formula is C16H16FN3O4. The van der Waals surface area contributed by atoms with Gasteiger partial charge in [-0.25, -0.2) is 13.9 Å². The molecule has 8 heteroatoms. The largest absolute Gasteiger partial charge is 0.479 e. The molecule has 1 saturated heterocycles. The number of halogens is 1. The number of ether oxygens (including phenoxy) is 1. The lowest BCUT2D eigenvalue weighted by atomic mass is 10.2. The van der Waals surface area contributed by atoms with Crippen molar-refractivity contribution in [3.8, 4) is 5.69 Å². The minimum absolute atomic E-state index is 0.0346. The van der Waals surface area contributed by atoms with Crippen molar-refractivity contribution >= 4 is 11.9 Å². The number of hydrogen-bond donors (Lipinski definition) is 1. The average Bonchev–Trinajstić information content (AvgIpc) is 3.04. The van der Waals surface area contributed by atoms with E-state index in [0.29, 0.717) is 17.9 Å². The summed E-state index contributed by atoms with van der Waals surface area (Å²) < 4.78 is 19.6. The highest BCUT2D eigenvalue weighted by Crippen LogP contribution is 2.11. The van der Waals surface area contributed by atoms with Crippen LogP contribution in [0, 0.1) is 5.82 Å². The molecule has 1 aliphatic rings. The van der Waals surface area contributed by atoms with Crippen LogP contribution in [0.15, 0.2) is 36.5 Å². The molecule has 1 amide bonds. The first-order valence-corrected chi connectivity index (χ1v) is 7.45. The van der Waals surface area contributed by atoms with Crippen molar-refractivity contribution in [1.82, 2.24) is 14.7 Å². The second-order valence-corrected chi connectivity index (χ2v) is 5.44. The molecule has 1 aromatic carbocycles. The van der Waals surface area contributed by atoms with Crippen molar-refractivity contribution in [2.24, 2.45) is 0 Å². The maximum Gasteiger partial charge on any atom is 0.334 e. The molecule has 0 bridgehead atoms. The Morgan fingerprint density at radius 1 is 1.29 bits per heavy atom. The van der Waals surface area contributed by atoms with Crippen molar-refractivity contribution in [2.75, 3.05) is 19.7 Å². The predicted octanol–water partition coefficient (Wildman–Crippen LogP) is 0.866. The van der Waals surface area contributed by atoms with E-state index in [2.05, 4.69) is 5.10 Å². The summed E-state index contributed by atoms with van der Waals surface area (Å²) in [6.07, 6.45) is 0.773. The van der Waals surface area contributed by atoms with Gasteiger partial charge in [-0.1, -0.05) is 0 Å². The molecule has 7 nitrogen and oxygen atoms in total. The van der Waals surface area contributed by atoms with E-state index < -0.39 is 12.1 Å². The van der Waals surface area contributed by atoms with Crippen LogP contribution < -0.4 is 0 Å². The number of carboxylic acid groups (broad SMARTS) is 1. The minimum Gasteiger partial charge on any atom is -0.479 e. The Balaban J connectivity index is 1.65. The van der Waals surface area contributed by atoms with E-state index in [9.17, 15) is 14.0 Å². The number of amides is 1. The van der Waals surface area contributed by atoms with Gasteiger partial charge in [-0.05, 0) is 30.3 Å². The zero-order chi connectivity index (χ0) is 17.1. The molecule has 1 atom stereocenters. The lowest BCUT2D eigenvalue weighted by molar-refractivity contribution is -0.159. The lowest BCUT2D eigenvalue weighted by Crippen LogP contribution is -2.49. The van der Waals surface area contributed by atoms with E-state index in [-0.39, 0.29) is 31.3 Å². The number of carboxylic acids is 1. The molecule has 1 aliphatic heterocycles. The normalized spacial score (nSPS) is 17.7. The highest BCUT2D eigenvalue weighted by atomic mass is 19.1. The third kappa shape index (κ3) is 3.60. The fourth-order valence-electron chi connectivity index (χ4n) is 2.49. The Hall–Kier alpha value is -2.74. The van der Waals surface area contributed by atoms with Gasteiger partial charge in [0.25, 0.3) is 0 Å². The van der Waals surface area contributed by atoms with Crippen molar-refractivity contribution in [3.63, 3.8) is 0 Å². The second-order valence-electron chi connectivity index (χ2n) is 5.44. The molecule has 3 rings (SSSR count).